The second kappa shape index (κ2) is 7.24. The Morgan fingerprint density at radius 2 is 1.95 bits per heavy atom. The fourth-order valence-electron chi connectivity index (χ4n) is 2.79. The van der Waals surface area contributed by atoms with Gasteiger partial charge in [0.15, 0.2) is 0 Å². The van der Waals surface area contributed by atoms with E-state index in [4.69, 9.17) is 9.84 Å². The highest BCUT2D eigenvalue weighted by molar-refractivity contribution is 5.51. The molecule has 0 bridgehead atoms. The fraction of sp³-hybridized carbons (Fsp3) is 0.800. The van der Waals surface area contributed by atoms with Crippen LogP contribution in [0.5, 0.6) is 0 Å². The third-order valence-electron chi connectivity index (χ3n) is 3.74. The van der Waals surface area contributed by atoms with Gasteiger partial charge in [-0.2, -0.15) is 5.10 Å². The zero-order valence-electron chi connectivity index (χ0n) is 13.6. The quantitative estimate of drug-likeness (QED) is 0.815. The van der Waals surface area contributed by atoms with Gasteiger partial charge in [0.05, 0.1) is 25.0 Å². The lowest BCUT2D eigenvalue weighted by molar-refractivity contribution is 0.122. The Kier molecular flexibility index (Phi) is 5.61. The van der Waals surface area contributed by atoms with Crippen molar-refractivity contribution in [3.05, 3.63) is 11.3 Å². The molecule has 6 nitrogen and oxygen atoms in total. The molecule has 1 aromatic heterocycles. The number of morpholine rings is 1. The number of aliphatic hydroxyl groups is 1. The third kappa shape index (κ3) is 3.96. The standard InChI is InChI=1S/C15H28N4O2/c1-11(2)14-13(10-16-9-12(3)20)15(18(4)17-14)19-5-7-21-8-6-19/h11-12,16,20H,5-10H2,1-4H3/t12-/m0/s1. The minimum Gasteiger partial charge on any atom is -0.392 e. The number of aliphatic hydroxyl groups excluding tert-OH is 1. The van der Waals surface area contributed by atoms with Crippen molar-refractivity contribution >= 4 is 5.82 Å². The third-order valence-corrected chi connectivity index (χ3v) is 3.74. The van der Waals surface area contributed by atoms with Crippen LogP contribution in [0.3, 0.4) is 0 Å². The second-order valence-electron chi connectivity index (χ2n) is 6.05. The minimum atomic E-state index is -0.337. The van der Waals surface area contributed by atoms with Gasteiger partial charge in [0.2, 0.25) is 0 Å². The maximum absolute atomic E-state index is 9.42. The first-order valence-electron chi connectivity index (χ1n) is 7.78. The lowest BCUT2D eigenvalue weighted by atomic mass is 10.0. The molecule has 0 aliphatic carbocycles. The van der Waals surface area contributed by atoms with Crippen LogP contribution in [0.15, 0.2) is 0 Å². The maximum atomic E-state index is 9.42. The number of rotatable bonds is 6. The van der Waals surface area contributed by atoms with Crippen LogP contribution < -0.4 is 10.2 Å². The first kappa shape index (κ1) is 16.3. The predicted octanol–water partition coefficient (Wildman–Crippen LogP) is 0.850. The Morgan fingerprint density at radius 1 is 1.29 bits per heavy atom. The fourth-order valence-corrected chi connectivity index (χ4v) is 2.79. The minimum absolute atomic E-state index is 0.337. The molecule has 0 radical (unpaired) electrons. The maximum Gasteiger partial charge on any atom is 0.131 e. The summed E-state index contributed by atoms with van der Waals surface area (Å²) in [6, 6.07) is 0. The lowest BCUT2D eigenvalue weighted by Gasteiger charge is -2.29. The molecule has 1 aliphatic heterocycles. The normalized spacial score (nSPS) is 17.5. The summed E-state index contributed by atoms with van der Waals surface area (Å²) in [5.74, 6) is 1.56. The van der Waals surface area contributed by atoms with Gasteiger partial charge >= 0.3 is 0 Å². The number of aromatic nitrogens is 2. The summed E-state index contributed by atoms with van der Waals surface area (Å²) in [6.45, 7) is 10.8. The summed E-state index contributed by atoms with van der Waals surface area (Å²) in [4.78, 5) is 2.35. The van der Waals surface area contributed by atoms with E-state index in [-0.39, 0.29) is 6.10 Å². The summed E-state index contributed by atoms with van der Waals surface area (Å²) < 4.78 is 7.43. The molecule has 6 heteroatoms. The van der Waals surface area contributed by atoms with E-state index in [1.165, 1.54) is 11.4 Å². The van der Waals surface area contributed by atoms with Crippen LogP contribution in [0.4, 0.5) is 5.82 Å². The van der Waals surface area contributed by atoms with Crippen LogP contribution >= 0.6 is 0 Å². The summed E-state index contributed by atoms with van der Waals surface area (Å²) in [5, 5.41) is 17.5. The number of aryl methyl sites for hydroxylation is 1. The van der Waals surface area contributed by atoms with Gasteiger partial charge in [-0.1, -0.05) is 13.8 Å². The van der Waals surface area contributed by atoms with Crippen molar-refractivity contribution in [3.8, 4) is 0 Å². The van der Waals surface area contributed by atoms with Gasteiger partial charge in [0, 0.05) is 38.8 Å². The van der Waals surface area contributed by atoms with E-state index in [2.05, 4.69) is 24.1 Å². The van der Waals surface area contributed by atoms with Crippen molar-refractivity contribution in [2.24, 2.45) is 7.05 Å². The van der Waals surface area contributed by atoms with Crippen LogP contribution in [0, 0.1) is 0 Å². The number of nitrogens with zero attached hydrogens (tertiary/aromatic N) is 3. The molecule has 2 N–H and O–H groups in total. The molecule has 0 aromatic carbocycles. The van der Waals surface area contributed by atoms with Crippen LogP contribution in [0.2, 0.25) is 0 Å². The van der Waals surface area contributed by atoms with Crippen molar-refractivity contribution in [1.82, 2.24) is 15.1 Å². The molecule has 1 fully saturated rings. The highest BCUT2D eigenvalue weighted by Gasteiger charge is 2.23. The van der Waals surface area contributed by atoms with Gasteiger partial charge in [0.1, 0.15) is 5.82 Å². The van der Waals surface area contributed by atoms with Gasteiger partial charge in [-0.25, -0.2) is 0 Å². The molecule has 0 saturated carbocycles. The molecule has 21 heavy (non-hydrogen) atoms. The van der Waals surface area contributed by atoms with Crippen molar-refractivity contribution < 1.29 is 9.84 Å². The molecule has 2 rings (SSSR count). The monoisotopic (exact) mass is 296 g/mol. The van der Waals surface area contributed by atoms with Crippen LogP contribution in [0.25, 0.3) is 0 Å². The van der Waals surface area contributed by atoms with E-state index in [0.717, 1.165) is 38.5 Å². The van der Waals surface area contributed by atoms with E-state index in [0.29, 0.717) is 12.5 Å². The van der Waals surface area contributed by atoms with Crippen molar-refractivity contribution in [3.63, 3.8) is 0 Å². The summed E-state index contributed by atoms with van der Waals surface area (Å²) in [5.41, 5.74) is 2.38. The Balaban J connectivity index is 2.24. The van der Waals surface area contributed by atoms with E-state index in [1.54, 1.807) is 6.92 Å². The lowest BCUT2D eigenvalue weighted by Crippen LogP contribution is -2.38. The highest BCUT2D eigenvalue weighted by Crippen LogP contribution is 2.28. The molecule has 0 unspecified atom stereocenters. The summed E-state index contributed by atoms with van der Waals surface area (Å²) in [7, 11) is 2.01. The van der Waals surface area contributed by atoms with Crippen LogP contribution in [-0.2, 0) is 18.3 Å². The second-order valence-corrected chi connectivity index (χ2v) is 6.05. The Morgan fingerprint density at radius 3 is 2.52 bits per heavy atom. The SMILES string of the molecule is CC(C)c1nn(C)c(N2CCOCC2)c1CNC[C@H](C)O. The zero-order valence-corrected chi connectivity index (χ0v) is 13.6. The largest absolute Gasteiger partial charge is 0.392 e. The topological polar surface area (TPSA) is 62.5 Å². The molecule has 1 aliphatic rings. The van der Waals surface area contributed by atoms with E-state index in [1.807, 2.05) is 11.7 Å². The van der Waals surface area contributed by atoms with Gasteiger partial charge in [-0.15, -0.1) is 0 Å². The molecule has 1 aromatic rings. The van der Waals surface area contributed by atoms with Crippen molar-refractivity contribution in [2.75, 3.05) is 37.7 Å². The molecule has 1 saturated heterocycles. The molecular formula is C15H28N4O2. The van der Waals surface area contributed by atoms with Crippen molar-refractivity contribution in [2.45, 2.75) is 39.3 Å². The van der Waals surface area contributed by atoms with Crippen molar-refractivity contribution in [1.29, 1.82) is 0 Å². The van der Waals surface area contributed by atoms with Gasteiger partial charge in [-0.3, -0.25) is 4.68 Å². The van der Waals surface area contributed by atoms with Gasteiger partial charge < -0.3 is 20.1 Å². The predicted molar refractivity (Wildman–Crippen MR) is 83.7 cm³/mol. The smallest absolute Gasteiger partial charge is 0.131 e. The average Bonchev–Trinajstić information content (AvgIpc) is 2.76. The van der Waals surface area contributed by atoms with Gasteiger partial charge in [0.25, 0.3) is 0 Å². The molecular weight excluding hydrogens is 268 g/mol. The van der Waals surface area contributed by atoms with E-state index in [9.17, 15) is 5.11 Å². The first-order valence-corrected chi connectivity index (χ1v) is 7.78. The number of anilines is 1. The van der Waals surface area contributed by atoms with Crippen LogP contribution in [-0.4, -0.2) is 53.8 Å². The molecule has 1 atom stereocenters. The average molecular weight is 296 g/mol. The number of nitrogens with one attached hydrogen (secondary N) is 1. The molecule has 0 spiro atoms. The van der Waals surface area contributed by atoms with Gasteiger partial charge in [-0.05, 0) is 12.8 Å². The van der Waals surface area contributed by atoms with E-state index < -0.39 is 0 Å². The Hall–Kier alpha value is -1.11. The highest BCUT2D eigenvalue weighted by atomic mass is 16.5. The zero-order chi connectivity index (χ0) is 15.4. The Labute approximate surface area is 127 Å². The van der Waals surface area contributed by atoms with Crippen LogP contribution in [0.1, 0.15) is 37.9 Å². The van der Waals surface area contributed by atoms with E-state index >= 15 is 0 Å². The molecule has 2 heterocycles. The number of hydrogen-bond donors (Lipinski definition) is 2. The summed E-state index contributed by atoms with van der Waals surface area (Å²) in [6.07, 6.45) is -0.337. The summed E-state index contributed by atoms with van der Waals surface area (Å²) >= 11 is 0. The molecule has 0 amide bonds. The molecule has 120 valence electrons. The first-order chi connectivity index (χ1) is 10.0. The number of ether oxygens (including phenoxy) is 1. The number of hydrogen-bond acceptors (Lipinski definition) is 5. The Bertz CT molecular complexity index is 451.